The maximum absolute atomic E-state index is 8.58. The lowest BCUT2D eigenvalue weighted by molar-refractivity contribution is 0.402. The number of thioether (sulfide) groups is 2. The molecule has 2 rings (SSSR count). The molecule has 7 heteroatoms. The Balaban J connectivity index is 1.78. The SMILES string of the molecule is CS/C(=N\CCCSCc1cc2ccc(CN(C)C)cc2o1)NC#N. The highest BCUT2D eigenvalue weighted by Gasteiger charge is 2.05. The molecule has 1 aromatic carbocycles. The molecular weight excluding hydrogens is 352 g/mol. The van der Waals surface area contributed by atoms with Crippen molar-refractivity contribution in [1.29, 1.82) is 5.26 Å². The summed E-state index contributed by atoms with van der Waals surface area (Å²) in [4.78, 5) is 6.50. The monoisotopic (exact) mass is 376 g/mol. The Labute approximate surface area is 157 Å². The number of nitrogens with one attached hydrogen (secondary N) is 1. The van der Waals surface area contributed by atoms with Gasteiger partial charge in [-0.05, 0) is 50.2 Å². The van der Waals surface area contributed by atoms with Gasteiger partial charge < -0.3 is 9.32 Å². The van der Waals surface area contributed by atoms with E-state index in [1.165, 1.54) is 17.3 Å². The van der Waals surface area contributed by atoms with Gasteiger partial charge in [-0.2, -0.15) is 17.0 Å². The maximum atomic E-state index is 8.58. The molecule has 0 aliphatic rings. The molecule has 5 nitrogen and oxygen atoms in total. The molecule has 1 heterocycles. The fourth-order valence-electron chi connectivity index (χ4n) is 2.39. The molecule has 134 valence electrons. The molecule has 0 unspecified atom stereocenters. The van der Waals surface area contributed by atoms with Crippen LogP contribution in [0.4, 0.5) is 0 Å². The van der Waals surface area contributed by atoms with Gasteiger partial charge in [-0.15, -0.1) is 0 Å². The van der Waals surface area contributed by atoms with Crippen molar-refractivity contribution in [2.75, 3.05) is 32.6 Å². The number of nitriles is 1. The highest BCUT2D eigenvalue weighted by atomic mass is 32.2. The van der Waals surface area contributed by atoms with Crippen LogP contribution in [0.2, 0.25) is 0 Å². The van der Waals surface area contributed by atoms with Crippen molar-refractivity contribution in [3.05, 3.63) is 35.6 Å². The summed E-state index contributed by atoms with van der Waals surface area (Å²) in [5.41, 5.74) is 2.23. The summed E-state index contributed by atoms with van der Waals surface area (Å²) in [5.74, 6) is 2.90. The molecule has 0 amide bonds. The average molecular weight is 377 g/mol. The van der Waals surface area contributed by atoms with Crippen LogP contribution in [-0.4, -0.2) is 42.7 Å². The number of hydrogen-bond donors (Lipinski definition) is 1. The molecule has 1 aromatic heterocycles. The van der Waals surface area contributed by atoms with Crippen LogP contribution in [0.3, 0.4) is 0 Å². The lowest BCUT2D eigenvalue weighted by atomic mass is 10.1. The maximum Gasteiger partial charge on any atom is 0.183 e. The van der Waals surface area contributed by atoms with E-state index in [9.17, 15) is 0 Å². The van der Waals surface area contributed by atoms with Gasteiger partial charge in [0.05, 0.1) is 5.75 Å². The van der Waals surface area contributed by atoms with Crippen LogP contribution < -0.4 is 5.32 Å². The van der Waals surface area contributed by atoms with E-state index in [0.717, 1.165) is 47.7 Å². The third kappa shape index (κ3) is 6.65. The fourth-order valence-corrected chi connectivity index (χ4v) is 3.58. The highest BCUT2D eigenvalue weighted by Crippen LogP contribution is 2.24. The van der Waals surface area contributed by atoms with Gasteiger partial charge in [0, 0.05) is 18.5 Å². The molecule has 0 saturated carbocycles. The summed E-state index contributed by atoms with van der Waals surface area (Å²) >= 11 is 3.30. The van der Waals surface area contributed by atoms with E-state index in [1.807, 2.05) is 24.2 Å². The van der Waals surface area contributed by atoms with E-state index in [-0.39, 0.29) is 0 Å². The van der Waals surface area contributed by atoms with Gasteiger partial charge in [0.2, 0.25) is 0 Å². The number of rotatable bonds is 8. The number of amidine groups is 1. The van der Waals surface area contributed by atoms with E-state index >= 15 is 0 Å². The van der Waals surface area contributed by atoms with E-state index < -0.39 is 0 Å². The number of fused-ring (bicyclic) bond motifs is 1. The Hall–Kier alpha value is -1.62. The lowest BCUT2D eigenvalue weighted by Crippen LogP contribution is -2.13. The zero-order chi connectivity index (χ0) is 18.1. The fraction of sp³-hybridized carbons (Fsp3) is 0.444. The number of aliphatic imine (C=N–C) groups is 1. The van der Waals surface area contributed by atoms with E-state index in [4.69, 9.17) is 9.68 Å². The zero-order valence-corrected chi connectivity index (χ0v) is 16.5. The second-order valence-electron chi connectivity index (χ2n) is 5.86. The van der Waals surface area contributed by atoms with Crippen molar-refractivity contribution < 1.29 is 4.42 Å². The standard InChI is InChI=1S/C18H24N4OS2/c1-22(2)11-14-5-6-15-10-16(23-17(15)9-14)12-25-8-4-7-20-18(24-3)21-13-19/h5-6,9-10H,4,7-8,11-12H2,1-3H3,(H,20,21). The topological polar surface area (TPSA) is 64.6 Å². The molecule has 0 fully saturated rings. The van der Waals surface area contributed by atoms with Gasteiger partial charge in [-0.25, -0.2) is 0 Å². The second-order valence-corrected chi connectivity index (χ2v) is 7.76. The predicted octanol–water partition coefficient (Wildman–Crippen LogP) is 3.91. The Morgan fingerprint density at radius 3 is 2.92 bits per heavy atom. The van der Waals surface area contributed by atoms with Crippen LogP contribution in [-0.2, 0) is 12.3 Å². The van der Waals surface area contributed by atoms with Crippen LogP contribution in [0.1, 0.15) is 17.7 Å². The number of nitrogens with zero attached hydrogens (tertiary/aromatic N) is 3. The third-order valence-electron chi connectivity index (χ3n) is 3.44. The lowest BCUT2D eigenvalue weighted by Gasteiger charge is -2.08. The first-order valence-corrected chi connectivity index (χ1v) is 10.5. The molecule has 0 spiro atoms. The minimum absolute atomic E-state index is 0.679. The number of hydrogen-bond acceptors (Lipinski definition) is 6. The van der Waals surface area contributed by atoms with Crippen molar-refractivity contribution in [3.8, 4) is 6.19 Å². The molecule has 2 aromatic rings. The van der Waals surface area contributed by atoms with Crippen molar-refractivity contribution in [1.82, 2.24) is 10.2 Å². The van der Waals surface area contributed by atoms with Gasteiger partial charge in [0.15, 0.2) is 11.4 Å². The Morgan fingerprint density at radius 1 is 1.36 bits per heavy atom. The van der Waals surface area contributed by atoms with Gasteiger partial charge in [0.1, 0.15) is 11.3 Å². The number of furan rings is 1. The largest absolute Gasteiger partial charge is 0.460 e. The third-order valence-corrected chi connectivity index (χ3v) is 5.12. The summed E-state index contributed by atoms with van der Waals surface area (Å²) < 4.78 is 5.97. The van der Waals surface area contributed by atoms with Crippen molar-refractivity contribution in [2.45, 2.75) is 18.7 Å². The molecule has 0 atom stereocenters. The predicted molar refractivity (Wildman–Crippen MR) is 109 cm³/mol. The Kier molecular flexibility index (Phi) is 8.19. The average Bonchev–Trinajstić information content (AvgIpc) is 2.98. The molecule has 25 heavy (non-hydrogen) atoms. The van der Waals surface area contributed by atoms with Crippen LogP contribution >= 0.6 is 23.5 Å². The first-order chi connectivity index (χ1) is 12.1. The van der Waals surface area contributed by atoms with Crippen molar-refractivity contribution in [2.24, 2.45) is 4.99 Å². The normalized spacial score (nSPS) is 11.9. The summed E-state index contributed by atoms with van der Waals surface area (Å²) in [7, 11) is 4.13. The molecule has 0 radical (unpaired) electrons. The molecule has 0 saturated heterocycles. The Bertz CT molecular complexity index is 749. The first kappa shape index (κ1) is 19.7. The molecule has 0 aliphatic carbocycles. The van der Waals surface area contributed by atoms with E-state index in [1.54, 1.807) is 0 Å². The zero-order valence-electron chi connectivity index (χ0n) is 14.9. The smallest absolute Gasteiger partial charge is 0.183 e. The molecule has 1 N–H and O–H groups in total. The molecule has 0 bridgehead atoms. The summed E-state index contributed by atoms with van der Waals surface area (Å²) in [5, 5.41) is 13.0. The number of benzene rings is 1. The second kappa shape index (κ2) is 10.4. The van der Waals surface area contributed by atoms with Gasteiger partial charge in [0.25, 0.3) is 0 Å². The molecule has 0 aliphatic heterocycles. The van der Waals surface area contributed by atoms with Crippen LogP contribution in [0, 0.1) is 11.5 Å². The van der Waals surface area contributed by atoms with Crippen LogP contribution in [0.15, 0.2) is 33.7 Å². The highest BCUT2D eigenvalue weighted by molar-refractivity contribution is 8.13. The van der Waals surface area contributed by atoms with E-state index in [0.29, 0.717) is 5.17 Å². The minimum atomic E-state index is 0.679. The summed E-state index contributed by atoms with van der Waals surface area (Å²) in [6, 6.07) is 8.55. The van der Waals surface area contributed by atoms with Gasteiger partial charge in [-0.3, -0.25) is 10.3 Å². The minimum Gasteiger partial charge on any atom is -0.460 e. The van der Waals surface area contributed by atoms with Gasteiger partial charge >= 0.3 is 0 Å². The van der Waals surface area contributed by atoms with Crippen molar-refractivity contribution >= 4 is 39.7 Å². The van der Waals surface area contributed by atoms with E-state index in [2.05, 4.69) is 53.6 Å². The first-order valence-electron chi connectivity index (χ1n) is 8.09. The Morgan fingerprint density at radius 2 is 2.20 bits per heavy atom. The van der Waals surface area contributed by atoms with Gasteiger partial charge in [-0.1, -0.05) is 23.9 Å². The van der Waals surface area contributed by atoms with Crippen LogP contribution in [0.25, 0.3) is 11.0 Å². The molecular formula is C18H24N4OS2. The van der Waals surface area contributed by atoms with Crippen molar-refractivity contribution in [3.63, 3.8) is 0 Å². The summed E-state index contributed by atoms with van der Waals surface area (Å²) in [6.07, 6.45) is 4.78. The summed E-state index contributed by atoms with van der Waals surface area (Å²) in [6.45, 7) is 1.64. The van der Waals surface area contributed by atoms with Crippen LogP contribution in [0.5, 0.6) is 0 Å². The quantitative estimate of drug-likeness (QED) is 0.248.